The molecule has 1 aliphatic heterocycles. The van der Waals surface area contributed by atoms with E-state index in [4.69, 9.17) is 14.2 Å². The lowest BCUT2D eigenvalue weighted by Crippen LogP contribution is -2.25. The molecule has 2 aromatic rings. The number of benzene rings is 2. The quantitative estimate of drug-likeness (QED) is 0.789. The minimum Gasteiger partial charge on any atom is -0.497 e. The van der Waals surface area contributed by atoms with Crippen LogP contribution in [0, 0.1) is 13.8 Å². The Morgan fingerprint density at radius 3 is 2.54 bits per heavy atom. The second-order valence-electron chi connectivity index (χ2n) is 6.50. The molecule has 1 atom stereocenters. The van der Waals surface area contributed by atoms with Gasteiger partial charge in [0.1, 0.15) is 11.5 Å². The van der Waals surface area contributed by atoms with Crippen molar-refractivity contribution in [3.63, 3.8) is 0 Å². The Morgan fingerprint density at radius 1 is 1.08 bits per heavy atom. The lowest BCUT2D eigenvalue weighted by Gasteiger charge is -2.25. The molecule has 0 amide bonds. The first-order valence-corrected chi connectivity index (χ1v) is 8.67. The largest absolute Gasteiger partial charge is 0.497 e. The van der Waals surface area contributed by atoms with Crippen LogP contribution in [0.4, 0.5) is 0 Å². The van der Waals surface area contributed by atoms with Crippen LogP contribution in [0.25, 0.3) is 0 Å². The summed E-state index contributed by atoms with van der Waals surface area (Å²) >= 11 is 0. The highest BCUT2D eigenvalue weighted by molar-refractivity contribution is 5.46. The van der Waals surface area contributed by atoms with E-state index in [1.54, 1.807) is 7.11 Å². The summed E-state index contributed by atoms with van der Waals surface area (Å²) in [6.45, 7) is 5.06. The number of hydrogen-bond acceptors (Lipinski definition) is 3. The summed E-state index contributed by atoms with van der Waals surface area (Å²) in [5.41, 5.74) is 4.96. The van der Waals surface area contributed by atoms with E-state index in [0.29, 0.717) is 0 Å². The van der Waals surface area contributed by atoms with Gasteiger partial charge in [-0.15, -0.1) is 0 Å². The Kier molecular flexibility index (Phi) is 5.41. The Balaban J connectivity index is 1.84. The minimum absolute atomic E-state index is 0.116. The molecule has 1 fully saturated rings. The molecule has 1 aliphatic rings. The summed E-state index contributed by atoms with van der Waals surface area (Å²) in [6.07, 6.45) is 4.00. The number of ether oxygens (including phenoxy) is 3. The summed E-state index contributed by atoms with van der Waals surface area (Å²) in [5, 5.41) is 0. The number of hydrogen-bond donors (Lipinski definition) is 0. The fourth-order valence-corrected chi connectivity index (χ4v) is 3.18. The molecular weight excluding hydrogens is 300 g/mol. The van der Waals surface area contributed by atoms with E-state index < -0.39 is 0 Å². The third-order valence-corrected chi connectivity index (χ3v) is 4.51. The molecule has 1 heterocycles. The first-order chi connectivity index (χ1) is 11.7. The molecule has 0 bridgehead atoms. The van der Waals surface area contributed by atoms with Crippen LogP contribution in [-0.4, -0.2) is 20.0 Å². The maximum Gasteiger partial charge on any atom is 0.199 e. The fraction of sp³-hybridized carbons (Fsp3) is 0.429. The van der Waals surface area contributed by atoms with Crippen LogP contribution in [-0.2, 0) is 11.2 Å². The van der Waals surface area contributed by atoms with E-state index >= 15 is 0 Å². The normalized spacial score (nSPS) is 17.5. The number of rotatable bonds is 5. The molecule has 0 radical (unpaired) electrons. The predicted molar refractivity (Wildman–Crippen MR) is 95.9 cm³/mol. The Hall–Kier alpha value is -2.00. The van der Waals surface area contributed by atoms with Crippen LogP contribution >= 0.6 is 0 Å². The van der Waals surface area contributed by atoms with Gasteiger partial charge in [0.2, 0.25) is 0 Å². The first-order valence-electron chi connectivity index (χ1n) is 8.67. The molecule has 2 aromatic carbocycles. The zero-order chi connectivity index (χ0) is 16.9. The van der Waals surface area contributed by atoms with E-state index in [2.05, 4.69) is 38.1 Å². The highest BCUT2D eigenvalue weighted by Gasteiger charge is 2.18. The maximum absolute atomic E-state index is 6.22. The van der Waals surface area contributed by atoms with Crippen molar-refractivity contribution in [3.8, 4) is 11.5 Å². The second kappa shape index (κ2) is 7.71. The third kappa shape index (κ3) is 4.09. The van der Waals surface area contributed by atoms with Crippen molar-refractivity contribution in [1.29, 1.82) is 0 Å². The molecule has 0 spiro atoms. The molecule has 1 unspecified atom stereocenters. The third-order valence-electron chi connectivity index (χ3n) is 4.51. The van der Waals surface area contributed by atoms with E-state index in [0.717, 1.165) is 37.4 Å². The SMILES string of the molecule is COc1ccc(Cc2c(C)cc(C)cc2OC2CCCCO2)cc1. The zero-order valence-corrected chi connectivity index (χ0v) is 14.8. The van der Waals surface area contributed by atoms with Gasteiger partial charge in [0.25, 0.3) is 0 Å². The summed E-state index contributed by atoms with van der Waals surface area (Å²) in [5.74, 6) is 1.83. The molecule has 0 aliphatic carbocycles. The molecular formula is C21H26O3. The van der Waals surface area contributed by atoms with Crippen molar-refractivity contribution < 1.29 is 14.2 Å². The summed E-state index contributed by atoms with van der Waals surface area (Å²) < 4.78 is 17.2. The number of methoxy groups -OCH3 is 1. The van der Waals surface area contributed by atoms with Gasteiger partial charge >= 0.3 is 0 Å². The van der Waals surface area contributed by atoms with Crippen LogP contribution < -0.4 is 9.47 Å². The van der Waals surface area contributed by atoms with Crippen molar-refractivity contribution in [2.45, 2.75) is 45.8 Å². The molecule has 24 heavy (non-hydrogen) atoms. The molecule has 0 saturated carbocycles. The summed E-state index contributed by atoms with van der Waals surface area (Å²) in [6, 6.07) is 12.6. The van der Waals surface area contributed by atoms with Crippen molar-refractivity contribution in [3.05, 3.63) is 58.7 Å². The molecule has 0 N–H and O–H groups in total. The van der Waals surface area contributed by atoms with E-state index in [1.165, 1.54) is 28.7 Å². The minimum atomic E-state index is -0.116. The molecule has 1 saturated heterocycles. The van der Waals surface area contributed by atoms with Gasteiger partial charge in [0, 0.05) is 18.4 Å². The maximum atomic E-state index is 6.22. The zero-order valence-electron chi connectivity index (χ0n) is 14.8. The van der Waals surface area contributed by atoms with Crippen molar-refractivity contribution >= 4 is 0 Å². The van der Waals surface area contributed by atoms with Gasteiger partial charge < -0.3 is 14.2 Å². The average Bonchev–Trinajstić information content (AvgIpc) is 2.59. The highest BCUT2D eigenvalue weighted by Crippen LogP contribution is 2.30. The molecule has 3 rings (SSSR count). The smallest absolute Gasteiger partial charge is 0.199 e. The highest BCUT2D eigenvalue weighted by atomic mass is 16.7. The molecule has 3 heteroatoms. The Labute approximate surface area is 144 Å². The van der Waals surface area contributed by atoms with Gasteiger partial charge in [-0.3, -0.25) is 0 Å². The van der Waals surface area contributed by atoms with Gasteiger partial charge in [0.05, 0.1) is 13.7 Å². The van der Waals surface area contributed by atoms with Crippen LogP contribution in [0.5, 0.6) is 11.5 Å². The van der Waals surface area contributed by atoms with Gasteiger partial charge in [-0.05, 0) is 61.6 Å². The number of aryl methyl sites for hydroxylation is 2. The standard InChI is InChI=1S/C21H26O3/c1-15-12-16(2)19(14-17-7-9-18(22-3)10-8-17)20(13-15)24-21-6-4-5-11-23-21/h7-10,12-13,21H,4-6,11,14H2,1-3H3. The predicted octanol–water partition coefficient (Wildman–Crippen LogP) is 4.81. The van der Waals surface area contributed by atoms with Crippen molar-refractivity contribution in [2.75, 3.05) is 13.7 Å². The molecule has 128 valence electrons. The van der Waals surface area contributed by atoms with Crippen LogP contribution in [0.2, 0.25) is 0 Å². The van der Waals surface area contributed by atoms with Gasteiger partial charge in [-0.25, -0.2) is 0 Å². The lowest BCUT2D eigenvalue weighted by molar-refractivity contribution is -0.106. The van der Waals surface area contributed by atoms with E-state index in [1.807, 2.05) is 12.1 Å². The van der Waals surface area contributed by atoms with Gasteiger partial charge in [0.15, 0.2) is 6.29 Å². The summed E-state index contributed by atoms with van der Waals surface area (Å²) in [4.78, 5) is 0. The Bertz CT molecular complexity index is 670. The van der Waals surface area contributed by atoms with Crippen molar-refractivity contribution in [1.82, 2.24) is 0 Å². The lowest BCUT2D eigenvalue weighted by atomic mass is 9.97. The van der Waals surface area contributed by atoms with Crippen molar-refractivity contribution in [2.24, 2.45) is 0 Å². The van der Waals surface area contributed by atoms with Crippen LogP contribution in [0.15, 0.2) is 36.4 Å². The topological polar surface area (TPSA) is 27.7 Å². The first kappa shape index (κ1) is 16.8. The Morgan fingerprint density at radius 2 is 1.88 bits per heavy atom. The van der Waals surface area contributed by atoms with E-state index in [-0.39, 0.29) is 6.29 Å². The molecule has 0 aromatic heterocycles. The summed E-state index contributed by atoms with van der Waals surface area (Å²) in [7, 11) is 1.69. The average molecular weight is 326 g/mol. The monoisotopic (exact) mass is 326 g/mol. The van der Waals surface area contributed by atoms with Crippen LogP contribution in [0.3, 0.4) is 0 Å². The molecule has 3 nitrogen and oxygen atoms in total. The van der Waals surface area contributed by atoms with Gasteiger partial charge in [-0.2, -0.15) is 0 Å². The van der Waals surface area contributed by atoms with Crippen LogP contribution in [0.1, 0.15) is 41.5 Å². The van der Waals surface area contributed by atoms with Gasteiger partial charge in [-0.1, -0.05) is 18.2 Å². The fourth-order valence-electron chi connectivity index (χ4n) is 3.18. The second-order valence-corrected chi connectivity index (χ2v) is 6.50. The van der Waals surface area contributed by atoms with E-state index in [9.17, 15) is 0 Å².